The zero-order valence-electron chi connectivity index (χ0n) is 13.4. The maximum atomic E-state index is 11.9. The second-order valence-electron chi connectivity index (χ2n) is 6.76. The van der Waals surface area contributed by atoms with Crippen LogP contribution in [0.25, 0.3) is 0 Å². The molecule has 2 atom stereocenters. The molecule has 0 aromatic carbocycles. The van der Waals surface area contributed by atoms with Gasteiger partial charge in [0.05, 0.1) is 23.2 Å². The molecule has 0 unspecified atom stereocenters. The average molecular weight is 270 g/mol. The van der Waals surface area contributed by atoms with E-state index in [1.807, 2.05) is 55.4 Å². The Morgan fingerprint density at radius 1 is 1.00 bits per heavy atom. The van der Waals surface area contributed by atoms with Gasteiger partial charge < -0.3 is 14.0 Å². The van der Waals surface area contributed by atoms with Gasteiger partial charge in [-0.05, 0) is 41.5 Å². The summed E-state index contributed by atoms with van der Waals surface area (Å²) in [7, 11) is -0.375. The predicted molar refractivity (Wildman–Crippen MR) is 75.9 cm³/mol. The molecule has 19 heavy (non-hydrogen) atoms. The first-order valence-corrected chi connectivity index (χ1v) is 7.04. The second-order valence-corrected chi connectivity index (χ2v) is 6.76. The van der Waals surface area contributed by atoms with Crippen LogP contribution in [-0.2, 0) is 18.8 Å². The van der Waals surface area contributed by atoms with Gasteiger partial charge in [0, 0.05) is 5.82 Å². The molecule has 1 heterocycles. The Hall–Kier alpha value is -0.545. The molecule has 1 saturated heterocycles. The minimum absolute atomic E-state index is 0.0488. The van der Waals surface area contributed by atoms with Crippen molar-refractivity contribution in [3.8, 4) is 0 Å². The van der Waals surface area contributed by atoms with Crippen LogP contribution in [0.3, 0.4) is 0 Å². The molecule has 0 radical (unpaired) electrons. The molecule has 110 valence electrons. The van der Waals surface area contributed by atoms with Crippen LogP contribution < -0.4 is 0 Å². The van der Waals surface area contributed by atoms with E-state index in [1.165, 1.54) is 0 Å². The molecule has 0 saturated carbocycles. The Kier molecular flexibility index (Phi) is 4.73. The molecule has 0 bridgehead atoms. The van der Waals surface area contributed by atoms with Crippen molar-refractivity contribution >= 4 is 13.1 Å². The maximum absolute atomic E-state index is 11.9. The van der Waals surface area contributed by atoms with E-state index in [2.05, 4.69) is 0 Å². The smallest absolute Gasteiger partial charge is 0.461 e. The van der Waals surface area contributed by atoms with Crippen molar-refractivity contribution in [3.05, 3.63) is 0 Å². The lowest BCUT2D eigenvalue weighted by Crippen LogP contribution is -2.41. The molecule has 5 heteroatoms. The fraction of sp³-hybridized carbons (Fsp3) is 0.929. The zero-order chi connectivity index (χ0) is 15.0. The van der Waals surface area contributed by atoms with Gasteiger partial charge in [0.1, 0.15) is 0 Å². The largest absolute Gasteiger partial charge is 0.463 e. The van der Waals surface area contributed by atoms with Gasteiger partial charge in [-0.25, -0.2) is 0 Å². The molecule has 1 aliphatic heterocycles. The summed E-state index contributed by atoms with van der Waals surface area (Å²) in [6, 6.07) is 0. The standard InChI is InChI=1S/C14H27BO4/c1-9(2)17-12(16)10(3)11(4)15-18-13(5,6)14(7,8)19-15/h9-11H,1-8H3/t10-,11-/m0/s1. The van der Waals surface area contributed by atoms with Crippen LogP contribution in [0.4, 0.5) is 0 Å². The van der Waals surface area contributed by atoms with Crippen LogP contribution in [0.2, 0.25) is 5.82 Å². The lowest BCUT2D eigenvalue weighted by Gasteiger charge is -2.32. The van der Waals surface area contributed by atoms with Gasteiger partial charge in [-0.15, -0.1) is 0 Å². The Bertz CT molecular complexity index is 322. The van der Waals surface area contributed by atoms with Gasteiger partial charge in [-0.1, -0.05) is 13.8 Å². The zero-order valence-corrected chi connectivity index (χ0v) is 13.4. The van der Waals surface area contributed by atoms with E-state index in [0.717, 1.165) is 0 Å². The summed E-state index contributed by atoms with van der Waals surface area (Å²) in [4.78, 5) is 11.9. The van der Waals surface area contributed by atoms with E-state index in [0.29, 0.717) is 0 Å². The van der Waals surface area contributed by atoms with Crippen LogP contribution in [0.15, 0.2) is 0 Å². The number of esters is 1. The van der Waals surface area contributed by atoms with Gasteiger partial charge in [-0.3, -0.25) is 4.79 Å². The Labute approximate surface area is 117 Å². The summed E-state index contributed by atoms with van der Waals surface area (Å²) >= 11 is 0. The molecule has 1 fully saturated rings. The van der Waals surface area contributed by atoms with Crippen molar-refractivity contribution in [1.82, 2.24) is 0 Å². The minimum Gasteiger partial charge on any atom is -0.463 e. The molecule has 4 nitrogen and oxygen atoms in total. The molecular formula is C14H27BO4. The second kappa shape index (κ2) is 5.45. The summed E-state index contributed by atoms with van der Waals surface area (Å²) in [5.74, 6) is -0.499. The summed E-state index contributed by atoms with van der Waals surface area (Å²) in [5, 5.41) is 0. The van der Waals surface area contributed by atoms with Gasteiger partial charge in [0.25, 0.3) is 0 Å². The SMILES string of the molecule is CC(C)OC(=O)[C@@H](C)[C@H](C)B1OC(C)(C)C(C)(C)O1. The Morgan fingerprint density at radius 2 is 1.42 bits per heavy atom. The Balaban J connectivity index is 2.70. The topological polar surface area (TPSA) is 44.8 Å². The number of rotatable bonds is 4. The van der Waals surface area contributed by atoms with E-state index in [4.69, 9.17) is 14.0 Å². The van der Waals surface area contributed by atoms with E-state index >= 15 is 0 Å². The van der Waals surface area contributed by atoms with Crippen molar-refractivity contribution in [2.24, 2.45) is 5.92 Å². The molecule has 0 spiro atoms. The highest BCUT2D eigenvalue weighted by atomic mass is 16.7. The van der Waals surface area contributed by atoms with Gasteiger partial charge in [0.2, 0.25) is 0 Å². The third-order valence-corrected chi connectivity index (χ3v) is 4.21. The summed E-state index contributed by atoms with van der Waals surface area (Å²) in [6.07, 6.45) is -0.0968. The van der Waals surface area contributed by atoms with Crippen LogP contribution in [-0.4, -0.2) is 30.4 Å². The fourth-order valence-electron chi connectivity index (χ4n) is 1.89. The van der Waals surface area contributed by atoms with Gasteiger partial charge in [0.15, 0.2) is 0 Å². The first-order valence-electron chi connectivity index (χ1n) is 7.04. The normalized spacial score (nSPS) is 24.4. The van der Waals surface area contributed by atoms with Crippen LogP contribution >= 0.6 is 0 Å². The predicted octanol–water partition coefficient (Wildman–Crippen LogP) is 3.06. The molecule has 0 aliphatic carbocycles. The minimum atomic E-state index is -0.375. The third-order valence-electron chi connectivity index (χ3n) is 4.21. The quantitative estimate of drug-likeness (QED) is 0.581. The Morgan fingerprint density at radius 3 is 1.79 bits per heavy atom. The summed E-state index contributed by atoms with van der Waals surface area (Å²) < 4.78 is 17.2. The summed E-state index contributed by atoms with van der Waals surface area (Å²) in [5.41, 5.74) is -0.735. The monoisotopic (exact) mass is 270 g/mol. The third kappa shape index (κ3) is 3.51. The fourth-order valence-corrected chi connectivity index (χ4v) is 1.89. The molecule has 0 aromatic rings. The first kappa shape index (κ1) is 16.5. The van der Waals surface area contributed by atoms with Crippen molar-refractivity contribution in [2.75, 3.05) is 0 Å². The number of hydrogen-bond acceptors (Lipinski definition) is 4. The van der Waals surface area contributed by atoms with E-state index in [-0.39, 0.29) is 42.1 Å². The van der Waals surface area contributed by atoms with Gasteiger partial charge >= 0.3 is 13.1 Å². The molecular weight excluding hydrogens is 243 g/mol. The average Bonchev–Trinajstić information content (AvgIpc) is 2.45. The maximum Gasteiger partial charge on any atom is 0.461 e. The van der Waals surface area contributed by atoms with Crippen molar-refractivity contribution in [2.45, 2.75) is 78.5 Å². The first-order chi connectivity index (χ1) is 8.48. The van der Waals surface area contributed by atoms with Crippen LogP contribution in [0.1, 0.15) is 55.4 Å². The number of ether oxygens (including phenoxy) is 1. The van der Waals surface area contributed by atoms with Crippen molar-refractivity contribution < 1.29 is 18.8 Å². The number of hydrogen-bond donors (Lipinski definition) is 0. The van der Waals surface area contributed by atoms with E-state index in [1.54, 1.807) is 0 Å². The van der Waals surface area contributed by atoms with E-state index in [9.17, 15) is 4.79 Å². The molecule has 1 aliphatic rings. The number of carbonyl (C=O) groups is 1. The highest BCUT2D eigenvalue weighted by molar-refractivity contribution is 6.47. The molecule has 0 aromatic heterocycles. The van der Waals surface area contributed by atoms with Gasteiger partial charge in [-0.2, -0.15) is 0 Å². The molecule has 0 N–H and O–H groups in total. The highest BCUT2D eigenvalue weighted by Crippen LogP contribution is 2.41. The number of carbonyl (C=O) groups excluding carboxylic acids is 1. The van der Waals surface area contributed by atoms with Crippen LogP contribution in [0.5, 0.6) is 0 Å². The van der Waals surface area contributed by atoms with Crippen molar-refractivity contribution in [3.63, 3.8) is 0 Å². The molecule has 0 amide bonds. The van der Waals surface area contributed by atoms with Crippen LogP contribution in [0, 0.1) is 5.92 Å². The van der Waals surface area contributed by atoms with E-state index < -0.39 is 0 Å². The molecule has 1 rings (SSSR count). The lowest BCUT2D eigenvalue weighted by atomic mass is 9.66. The lowest BCUT2D eigenvalue weighted by molar-refractivity contribution is -0.152. The van der Waals surface area contributed by atoms with Crippen molar-refractivity contribution in [1.29, 1.82) is 0 Å². The summed E-state index contributed by atoms with van der Waals surface area (Å²) in [6.45, 7) is 15.6. The highest BCUT2D eigenvalue weighted by Gasteiger charge is 2.54.